The summed E-state index contributed by atoms with van der Waals surface area (Å²) >= 11 is 0. The van der Waals surface area contributed by atoms with E-state index in [9.17, 15) is 19.1 Å². The van der Waals surface area contributed by atoms with Crippen molar-refractivity contribution in [1.29, 1.82) is 0 Å². The van der Waals surface area contributed by atoms with Crippen LogP contribution in [0.4, 0.5) is 4.39 Å². The van der Waals surface area contributed by atoms with Gasteiger partial charge in [0.1, 0.15) is 12.4 Å². The molecule has 0 aromatic heterocycles. The van der Waals surface area contributed by atoms with Crippen molar-refractivity contribution in [3.05, 3.63) is 95.3 Å². The number of fused-ring (bicyclic) bond motifs is 3. The first-order valence-corrected chi connectivity index (χ1v) is 9.52. The lowest BCUT2D eigenvalue weighted by Crippen LogP contribution is -2.48. The highest BCUT2D eigenvalue weighted by molar-refractivity contribution is 5.88. The quantitative estimate of drug-likeness (QED) is 0.609. The van der Waals surface area contributed by atoms with E-state index in [4.69, 9.17) is 10.5 Å². The number of carboxylic acids is 1. The van der Waals surface area contributed by atoms with E-state index in [0.717, 1.165) is 34.4 Å². The van der Waals surface area contributed by atoms with E-state index in [1.807, 2.05) is 48.5 Å². The number of carboxylic acid groups (broad SMARTS) is 1. The van der Waals surface area contributed by atoms with Crippen molar-refractivity contribution < 1.29 is 23.8 Å². The molecule has 5 nitrogen and oxygen atoms in total. The number of carbonyl (C=O) groups excluding carboxylic acids is 1. The number of nitrogens with two attached hydrogens (primary N) is 1. The number of esters is 1. The van der Waals surface area contributed by atoms with E-state index in [-0.39, 0.29) is 18.1 Å². The van der Waals surface area contributed by atoms with Gasteiger partial charge in [-0.1, -0.05) is 60.7 Å². The fourth-order valence-corrected chi connectivity index (χ4v) is 4.01. The SMILES string of the molecule is N[C@@](CC(=O)O)(C(=O)OCC1c2ccccc2-c2ccccc21)c1ccc(F)cc1. The Bertz CT molecular complexity index is 1070. The molecule has 4 rings (SSSR count). The van der Waals surface area contributed by atoms with Gasteiger partial charge in [0.2, 0.25) is 0 Å². The Morgan fingerprint density at radius 1 is 0.933 bits per heavy atom. The van der Waals surface area contributed by atoms with Crippen LogP contribution < -0.4 is 5.73 Å². The third kappa shape index (κ3) is 3.46. The minimum atomic E-state index is -1.92. The van der Waals surface area contributed by atoms with Gasteiger partial charge in [-0.15, -0.1) is 0 Å². The topological polar surface area (TPSA) is 89.6 Å². The predicted molar refractivity (Wildman–Crippen MR) is 109 cm³/mol. The molecule has 30 heavy (non-hydrogen) atoms. The highest BCUT2D eigenvalue weighted by atomic mass is 19.1. The summed E-state index contributed by atoms with van der Waals surface area (Å²) < 4.78 is 18.9. The van der Waals surface area contributed by atoms with Crippen molar-refractivity contribution in [3.63, 3.8) is 0 Å². The van der Waals surface area contributed by atoms with Gasteiger partial charge in [0, 0.05) is 5.92 Å². The molecule has 3 aromatic carbocycles. The third-order valence-corrected chi connectivity index (χ3v) is 5.50. The summed E-state index contributed by atoms with van der Waals surface area (Å²) in [5.74, 6) is -2.80. The van der Waals surface area contributed by atoms with E-state index < -0.39 is 29.7 Å². The lowest BCUT2D eigenvalue weighted by Gasteiger charge is -2.27. The molecule has 0 radical (unpaired) electrons. The molecule has 1 atom stereocenters. The zero-order valence-electron chi connectivity index (χ0n) is 16.0. The van der Waals surface area contributed by atoms with Crippen LogP contribution in [0.5, 0.6) is 0 Å². The predicted octanol–water partition coefficient (Wildman–Crippen LogP) is 3.81. The van der Waals surface area contributed by atoms with Crippen LogP contribution in [0.2, 0.25) is 0 Å². The Balaban J connectivity index is 1.61. The first-order chi connectivity index (χ1) is 14.4. The monoisotopic (exact) mass is 405 g/mol. The van der Waals surface area contributed by atoms with Gasteiger partial charge in [-0.25, -0.2) is 9.18 Å². The van der Waals surface area contributed by atoms with Crippen LogP contribution in [0, 0.1) is 5.82 Å². The molecule has 0 saturated heterocycles. The second-order valence-electron chi connectivity index (χ2n) is 7.37. The molecule has 0 fully saturated rings. The van der Waals surface area contributed by atoms with Crippen molar-refractivity contribution in [3.8, 4) is 11.1 Å². The number of benzene rings is 3. The maximum Gasteiger partial charge on any atom is 0.331 e. The molecule has 0 saturated carbocycles. The van der Waals surface area contributed by atoms with Gasteiger partial charge in [0.05, 0.1) is 6.42 Å². The van der Waals surface area contributed by atoms with Gasteiger partial charge in [0.25, 0.3) is 0 Å². The zero-order valence-corrected chi connectivity index (χ0v) is 16.0. The minimum Gasteiger partial charge on any atom is -0.481 e. The molecule has 0 heterocycles. The molecule has 0 aliphatic heterocycles. The number of rotatable bonds is 6. The second-order valence-corrected chi connectivity index (χ2v) is 7.37. The van der Waals surface area contributed by atoms with Gasteiger partial charge in [-0.2, -0.15) is 0 Å². The molecule has 6 heteroatoms. The molecule has 0 unspecified atom stereocenters. The molecule has 0 amide bonds. The lowest BCUT2D eigenvalue weighted by atomic mass is 9.87. The highest BCUT2D eigenvalue weighted by Gasteiger charge is 2.41. The van der Waals surface area contributed by atoms with Crippen LogP contribution in [0.1, 0.15) is 29.0 Å². The molecular weight excluding hydrogens is 385 g/mol. The number of aliphatic carboxylic acids is 1. The second kappa shape index (κ2) is 7.72. The van der Waals surface area contributed by atoms with Crippen molar-refractivity contribution in [1.82, 2.24) is 0 Å². The van der Waals surface area contributed by atoms with Crippen molar-refractivity contribution >= 4 is 11.9 Å². The van der Waals surface area contributed by atoms with Crippen molar-refractivity contribution in [2.45, 2.75) is 17.9 Å². The fourth-order valence-electron chi connectivity index (χ4n) is 4.01. The van der Waals surface area contributed by atoms with E-state index in [2.05, 4.69) is 0 Å². The summed E-state index contributed by atoms with van der Waals surface area (Å²) in [4.78, 5) is 24.3. The van der Waals surface area contributed by atoms with Gasteiger partial charge < -0.3 is 15.6 Å². The Morgan fingerprint density at radius 2 is 1.47 bits per heavy atom. The number of hydrogen-bond donors (Lipinski definition) is 2. The molecule has 3 N–H and O–H groups in total. The first kappa shape index (κ1) is 19.8. The van der Waals surface area contributed by atoms with Gasteiger partial charge in [0.15, 0.2) is 5.54 Å². The third-order valence-electron chi connectivity index (χ3n) is 5.50. The summed E-state index contributed by atoms with van der Waals surface area (Å²) in [5, 5.41) is 9.29. The van der Waals surface area contributed by atoms with E-state index in [1.54, 1.807) is 0 Å². The molecule has 152 valence electrons. The number of ether oxygens (including phenoxy) is 1. The van der Waals surface area contributed by atoms with Crippen LogP contribution in [-0.2, 0) is 19.9 Å². The summed E-state index contributed by atoms with van der Waals surface area (Å²) in [6, 6.07) is 20.7. The normalized spacial score (nSPS) is 14.5. The smallest absolute Gasteiger partial charge is 0.331 e. The Hall–Kier alpha value is -3.51. The van der Waals surface area contributed by atoms with E-state index >= 15 is 0 Å². The van der Waals surface area contributed by atoms with E-state index in [1.165, 1.54) is 12.1 Å². The summed E-state index contributed by atoms with van der Waals surface area (Å²) in [7, 11) is 0. The first-order valence-electron chi connectivity index (χ1n) is 9.52. The average molecular weight is 405 g/mol. The minimum absolute atomic E-state index is 0.0205. The maximum atomic E-state index is 13.3. The van der Waals surface area contributed by atoms with Crippen LogP contribution >= 0.6 is 0 Å². The van der Waals surface area contributed by atoms with Crippen LogP contribution in [0.15, 0.2) is 72.8 Å². The molecular formula is C24H20FNO4. The number of halogens is 1. The average Bonchev–Trinajstić information content (AvgIpc) is 3.05. The number of carbonyl (C=O) groups is 2. The highest BCUT2D eigenvalue weighted by Crippen LogP contribution is 2.44. The van der Waals surface area contributed by atoms with Crippen molar-refractivity contribution in [2.75, 3.05) is 6.61 Å². The largest absolute Gasteiger partial charge is 0.481 e. The zero-order chi connectivity index (χ0) is 21.3. The standard InChI is InChI=1S/C24H20FNO4/c25-16-11-9-15(10-12-16)24(26,13-22(27)28)23(29)30-14-21-19-7-3-1-5-17(19)18-6-2-4-8-20(18)21/h1-12,21H,13-14,26H2,(H,27,28)/t24-/m1/s1. The Labute approximate surface area is 172 Å². The summed E-state index contributed by atoms with van der Waals surface area (Å²) in [5.41, 5.74) is 8.71. The van der Waals surface area contributed by atoms with Gasteiger partial charge in [-0.05, 0) is 39.9 Å². The van der Waals surface area contributed by atoms with Crippen LogP contribution in [-0.4, -0.2) is 23.7 Å². The van der Waals surface area contributed by atoms with E-state index in [0.29, 0.717) is 0 Å². The summed E-state index contributed by atoms with van der Waals surface area (Å²) in [6.07, 6.45) is -0.671. The Morgan fingerprint density at radius 3 is 2.00 bits per heavy atom. The molecule has 0 spiro atoms. The summed E-state index contributed by atoms with van der Waals surface area (Å²) in [6.45, 7) is 0.0205. The van der Waals surface area contributed by atoms with Crippen molar-refractivity contribution in [2.24, 2.45) is 5.73 Å². The maximum absolute atomic E-state index is 13.3. The molecule has 3 aromatic rings. The van der Waals surface area contributed by atoms with Crippen LogP contribution in [0.3, 0.4) is 0 Å². The van der Waals surface area contributed by atoms with Crippen LogP contribution in [0.25, 0.3) is 11.1 Å². The fraction of sp³-hybridized carbons (Fsp3) is 0.167. The molecule has 1 aliphatic rings. The Kier molecular flexibility index (Phi) is 5.10. The number of hydrogen-bond acceptors (Lipinski definition) is 4. The molecule has 0 bridgehead atoms. The molecule has 1 aliphatic carbocycles. The lowest BCUT2D eigenvalue weighted by molar-refractivity contribution is -0.155. The van der Waals surface area contributed by atoms with Gasteiger partial charge in [-0.3, -0.25) is 4.79 Å². The van der Waals surface area contributed by atoms with Gasteiger partial charge >= 0.3 is 11.9 Å².